The molecule has 3 rings (SSSR count). The lowest BCUT2D eigenvalue weighted by Crippen LogP contribution is -2.45. The number of hydrogen-bond acceptors (Lipinski definition) is 4. The minimum atomic E-state index is -0.946. The summed E-state index contributed by atoms with van der Waals surface area (Å²) in [5.41, 5.74) is 1.76. The van der Waals surface area contributed by atoms with Crippen LogP contribution in [0.2, 0.25) is 0 Å². The zero-order valence-electron chi connectivity index (χ0n) is 16.7. The molecule has 0 spiro atoms. The number of fused-ring (bicyclic) bond motifs is 1. The van der Waals surface area contributed by atoms with E-state index in [-0.39, 0.29) is 30.2 Å². The van der Waals surface area contributed by atoms with Gasteiger partial charge in [-0.2, -0.15) is 0 Å². The lowest BCUT2D eigenvalue weighted by atomic mass is 9.95. The average Bonchev–Trinajstić information content (AvgIpc) is 2.82. The van der Waals surface area contributed by atoms with Gasteiger partial charge in [0, 0.05) is 0 Å². The van der Waals surface area contributed by atoms with Crippen LogP contribution in [-0.2, 0) is 9.59 Å². The predicted molar refractivity (Wildman–Crippen MR) is 110 cm³/mol. The monoisotopic (exact) mass is 395 g/mol. The molecule has 0 unspecified atom stereocenters. The van der Waals surface area contributed by atoms with Crippen molar-refractivity contribution in [3.63, 3.8) is 0 Å². The number of carbonyl (C=O) groups excluding carboxylic acids is 3. The van der Waals surface area contributed by atoms with Gasteiger partial charge in [0.25, 0.3) is 5.91 Å². The zero-order valence-corrected chi connectivity index (χ0v) is 16.7. The van der Waals surface area contributed by atoms with E-state index < -0.39 is 11.9 Å². The number of rotatable bonds is 6. The molecule has 0 aliphatic carbocycles. The number of carbonyl (C=O) groups is 3. The summed E-state index contributed by atoms with van der Waals surface area (Å²) in [7, 11) is 1.60. The van der Waals surface area contributed by atoms with E-state index in [1.54, 1.807) is 31.4 Å². The van der Waals surface area contributed by atoms with Crippen LogP contribution in [0.5, 0.6) is 5.75 Å². The minimum absolute atomic E-state index is 0.133. The topological polar surface area (TPSA) is 96.5 Å². The number of hydrogen-bond donors (Lipinski definition) is 3. The molecule has 0 bridgehead atoms. The van der Waals surface area contributed by atoms with Crippen LogP contribution in [0, 0.1) is 5.92 Å². The van der Waals surface area contributed by atoms with Crippen molar-refractivity contribution in [1.82, 2.24) is 10.6 Å². The van der Waals surface area contributed by atoms with Gasteiger partial charge in [-0.25, -0.2) is 0 Å². The zero-order chi connectivity index (χ0) is 21.0. The van der Waals surface area contributed by atoms with Crippen LogP contribution in [0.25, 0.3) is 0 Å². The number of ether oxygens (including phenoxy) is 1. The van der Waals surface area contributed by atoms with Crippen molar-refractivity contribution in [1.29, 1.82) is 0 Å². The number of amides is 3. The Hall–Kier alpha value is -3.35. The van der Waals surface area contributed by atoms with Gasteiger partial charge in [0.2, 0.25) is 11.8 Å². The molecular formula is C22H25N3O4. The number of nitrogens with one attached hydrogen (secondary N) is 3. The molecule has 2 aromatic rings. The highest BCUT2D eigenvalue weighted by molar-refractivity contribution is 6.10. The number of benzene rings is 2. The molecule has 29 heavy (non-hydrogen) atoms. The van der Waals surface area contributed by atoms with Gasteiger partial charge in [-0.15, -0.1) is 0 Å². The Morgan fingerprint density at radius 3 is 2.45 bits per heavy atom. The number of anilines is 1. The Labute approximate surface area is 169 Å². The molecule has 2 aromatic carbocycles. The van der Waals surface area contributed by atoms with Gasteiger partial charge in [-0.3, -0.25) is 14.4 Å². The summed E-state index contributed by atoms with van der Waals surface area (Å²) in [6.45, 7) is 4.01. The maximum absolute atomic E-state index is 12.7. The van der Waals surface area contributed by atoms with Gasteiger partial charge >= 0.3 is 0 Å². The first-order chi connectivity index (χ1) is 13.9. The summed E-state index contributed by atoms with van der Waals surface area (Å²) in [6.07, 6.45) is -0.148. The maximum atomic E-state index is 12.7. The van der Waals surface area contributed by atoms with Gasteiger partial charge in [0.05, 0.1) is 30.8 Å². The third-order valence-corrected chi connectivity index (χ3v) is 4.90. The lowest BCUT2D eigenvalue weighted by molar-refractivity contribution is -0.126. The molecule has 0 saturated heterocycles. The largest absolute Gasteiger partial charge is 0.497 e. The van der Waals surface area contributed by atoms with E-state index in [0.29, 0.717) is 11.3 Å². The minimum Gasteiger partial charge on any atom is -0.497 e. The Balaban J connectivity index is 1.70. The Morgan fingerprint density at radius 1 is 1.10 bits per heavy atom. The smallest absolute Gasteiger partial charge is 0.254 e. The summed E-state index contributed by atoms with van der Waals surface area (Å²) in [5, 5.41) is 8.34. The molecule has 1 aliphatic rings. The van der Waals surface area contributed by atoms with Crippen LogP contribution >= 0.6 is 0 Å². The molecule has 7 nitrogen and oxygen atoms in total. The molecule has 1 aliphatic heterocycles. The van der Waals surface area contributed by atoms with E-state index in [9.17, 15) is 14.4 Å². The van der Waals surface area contributed by atoms with E-state index in [1.807, 2.05) is 38.1 Å². The van der Waals surface area contributed by atoms with Crippen LogP contribution < -0.4 is 20.7 Å². The highest BCUT2D eigenvalue weighted by atomic mass is 16.5. The Bertz CT molecular complexity index is 909. The van der Waals surface area contributed by atoms with E-state index in [0.717, 1.165) is 11.3 Å². The molecule has 3 amide bonds. The quantitative estimate of drug-likeness (QED) is 0.701. The standard InChI is InChI=1S/C22H25N3O4/c1-13(2)20(14-8-10-15(29-3)11-9-14)25-19(26)12-18-22(28)23-17-7-5-4-6-16(17)21(27)24-18/h4-11,13,18,20H,12H2,1-3H3,(H,23,28)(H,24,27)(H,25,26)/t18-,20+/m0/s1. The van der Waals surface area contributed by atoms with Crippen molar-refractivity contribution >= 4 is 23.4 Å². The van der Waals surface area contributed by atoms with E-state index in [4.69, 9.17) is 4.74 Å². The van der Waals surface area contributed by atoms with Crippen molar-refractivity contribution in [2.75, 3.05) is 12.4 Å². The normalized spacial score (nSPS) is 16.9. The molecule has 0 aromatic heterocycles. The van der Waals surface area contributed by atoms with Gasteiger partial charge in [0.1, 0.15) is 11.8 Å². The highest BCUT2D eigenvalue weighted by Gasteiger charge is 2.30. The summed E-state index contributed by atoms with van der Waals surface area (Å²) in [6, 6.07) is 13.1. The molecule has 152 valence electrons. The fraction of sp³-hybridized carbons (Fsp3) is 0.318. The highest BCUT2D eigenvalue weighted by Crippen LogP contribution is 2.24. The Kier molecular flexibility index (Phi) is 6.16. The third kappa shape index (κ3) is 4.74. The van der Waals surface area contributed by atoms with Crippen molar-refractivity contribution in [2.45, 2.75) is 32.4 Å². The first-order valence-corrected chi connectivity index (χ1v) is 9.53. The summed E-state index contributed by atoms with van der Waals surface area (Å²) >= 11 is 0. The van der Waals surface area contributed by atoms with Crippen LogP contribution in [0.15, 0.2) is 48.5 Å². The van der Waals surface area contributed by atoms with E-state index in [2.05, 4.69) is 16.0 Å². The van der Waals surface area contributed by atoms with Crippen LogP contribution in [-0.4, -0.2) is 30.9 Å². The van der Waals surface area contributed by atoms with Crippen molar-refractivity contribution in [3.8, 4) is 5.75 Å². The summed E-state index contributed by atoms with van der Waals surface area (Å²) in [5.74, 6) is -0.239. The first-order valence-electron chi connectivity index (χ1n) is 9.53. The molecule has 0 saturated carbocycles. The fourth-order valence-electron chi connectivity index (χ4n) is 3.32. The van der Waals surface area contributed by atoms with Crippen LogP contribution in [0.3, 0.4) is 0 Å². The fourth-order valence-corrected chi connectivity index (χ4v) is 3.32. The lowest BCUT2D eigenvalue weighted by Gasteiger charge is -2.24. The second-order valence-corrected chi connectivity index (χ2v) is 7.33. The van der Waals surface area contributed by atoms with E-state index >= 15 is 0 Å². The number of methoxy groups -OCH3 is 1. The van der Waals surface area contributed by atoms with Crippen LogP contribution in [0.1, 0.15) is 42.2 Å². The van der Waals surface area contributed by atoms with Gasteiger partial charge in [-0.1, -0.05) is 38.1 Å². The van der Waals surface area contributed by atoms with E-state index in [1.165, 1.54) is 0 Å². The van der Waals surface area contributed by atoms with Crippen LogP contribution in [0.4, 0.5) is 5.69 Å². The number of para-hydroxylation sites is 1. The molecule has 1 heterocycles. The summed E-state index contributed by atoms with van der Waals surface area (Å²) < 4.78 is 5.18. The van der Waals surface area contributed by atoms with Crippen molar-refractivity contribution in [2.24, 2.45) is 5.92 Å². The van der Waals surface area contributed by atoms with Crippen molar-refractivity contribution < 1.29 is 19.1 Å². The molecule has 0 radical (unpaired) electrons. The van der Waals surface area contributed by atoms with Gasteiger partial charge in [-0.05, 0) is 35.7 Å². The molecule has 7 heteroatoms. The van der Waals surface area contributed by atoms with Gasteiger partial charge in [0.15, 0.2) is 0 Å². The van der Waals surface area contributed by atoms with Gasteiger partial charge < -0.3 is 20.7 Å². The summed E-state index contributed by atoms with van der Waals surface area (Å²) in [4.78, 5) is 37.6. The Morgan fingerprint density at radius 2 is 1.79 bits per heavy atom. The maximum Gasteiger partial charge on any atom is 0.254 e. The first kappa shape index (κ1) is 20.4. The predicted octanol–water partition coefficient (Wildman–Crippen LogP) is 2.65. The SMILES string of the molecule is COc1ccc([C@H](NC(=O)C[C@@H]2NC(=O)c3ccccc3NC2=O)C(C)C)cc1. The molecule has 3 N–H and O–H groups in total. The molecule has 2 atom stereocenters. The second kappa shape index (κ2) is 8.77. The molecular weight excluding hydrogens is 370 g/mol. The molecule has 0 fully saturated rings. The average molecular weight is 395 g/mol. The third-order valence-electron chi connectivity index (χ3n) is 4.90. The van der Waals surface area contributed by atoms with Crippen molar-refractivity contribution in [3.05, 3.63) is 59.7 Å². The second-order valence-electron chi connectivity index (χ2n) is 7.33.